The van der Waals surface area contributed by atoms with Gasteiger partial charge in [-0.25, -0.2) is 0 Å². The molecule has 0 saturated heterocycles. The molecule has 0 amide bonds. The Bertz CT molecular complexity index is 375. The first-order valence-electron chi connectivity index (χ1n) is 6.09. The number of rotatable bonds is 5. The second kappa shape index (κ2) is 6.03. The summed E-state index contributed by atoms with van der Waals surface area (Å²) in [5, 5.41) is 3.35. The summed E-state index contributed by atoms with van der Waals surface area (Å²) >= 11 is 0. The van der Waals surface area contributed by atoms with Gasteiger partial charge in [-0.05, 0) is 19.4 Å². The fourth-order valence-electron chi connectivity index (χ4n) is 2.01. The molecular formula is C14H24N2O. The van der Waals surface area contributed by atoms with Crippen LogP contribution in [0.1, 0.15) is 36.6 Å². The molecule has 0 fully saturated rings. The van der Waals surface area contributed by atoms with Gasteiger partial charge in [0.2, 0.25) is 0 Å². The molecule has 3 N–H and O–H groups in total. The number of ether oxygens (including phenoxy) is 1. The average Bonchev–Trinajstić information content (AvgIpc) is 2.24. The van der Waals surface area contributed by atoms with Crippen molar-refractivity contribution >= 4 is 0 Å². The van der Waals surface area contributed by atoms with E-state index in [9.17, 15) is 0 Å². The second-order valence-electron chi connectivity index (χ2n) is 4.87. The van der Waals surface area contributed by atoms with Gasteiger partial charge in [0.05, 0.1) is 7.11 Å². The van der Waals surface area contributed by atoms with Crippen LogP contribution in [0.4, 0.5) is 0 Å². The van der Waals surface area contributed by atoms with E-state index in [0.29, 0.717) is 6.04 Å². The number of benzene rings is 1. The van der Waals surface area contributed by atoms with Crippen molar-refractivity contribution in [3.63, 3.8) is 0 Å². The highest BCUT2D eigenvalue weighted by atomic mass is 16.5. The van der Waals surface area contributed by atoms with Crippen molar-refractivity contribution in [3.8, 4) is 5.75 Å². The van der Waals surface area contributed by atoms with Crippen LogP contribution in [0.2, 0.25) is 0 Å². The molecule has 0 radical (unpaired) electrons. The normalized spacial score (nSPS) is 12.9. The molecule has 17 heavy (non-hydrogen) atoms. The van der Waals surface area contributed by atoms with Gasteiger partial charge >= 0.3 is 0 Å². The number of aryl methyl sites for hydroxylation is 2. The Labute approximate surface area is 104 Å². The first-order chi connectivity index (χ1) is 7.95. The smallest absolute Gasteiger partial charge is 0.126 e. The highest BCUT2D eigenvalue weighted by molar-refractivity contribution is 5.45. The predicted molar refractivity (Wildman–Crippen MR) is 72.5 cm³/mol. The van der Waals surface area contributed by atoms with Crippen LogP contribution in [0.5, 0.6) is 5.75 Å². The maximum absolute atomic E-state index is 6.21. The first kappa shape index (κ1) is 14.0. The summed E-state index contributed by atoms with van der Waals surface area (Å²) in [6.45, 7) is 9.13. The Morgan fingerprint density at radius 1 is 1.29 bits per heavy atom. The second-order valence-corrected chi connectivity index (χ2v) is 4.87. The lowest BCUT2D eigenvalue weighted by molar-refractivity contribution is 0.400. The molecule has 0 spiro atoms. The largest absolute Gasteiger partial charge is 0.496 e. The summed E-state index contributed by atoms with van der Waals surface area (Å²) in [7, 11) is 1.70. The van der Waals surface area contributed by atoms with Crippen molar-refractivity contribution in [3.05, 3.63) is 28.8 Å². The third kappa shape index (κ3) is 3.72. The zero-order valence-corrected chi connectivity index (χ0v) is 11.5. The van der Waals surface area contributed by atoms with E-state index in [0.717, 1.165) is 23.4 Å². The van der Waals surface area contributed by atoms with E-state index in [1.54, 1.807) is 7.11 Å². The molecule has 0 saturated carbocycles. The third-order valence-corrected chi connectivity index (χ3v) is 2.80. The molecule has 3 heteroatoms. The number of methoxy groups -OCH3 is 1. The minimum atomic E-state index is -0.0362. The van der Waals surface area contributed by atoms with E-state index in [2.05, 4.69) is 45.1 Å². The van der Waals surface area contributed by atoms with Gasteiger partial charge in [-0.1, -0.05) is 31.5 Å². The van der Waals surface area contributed by atoms with Crippen molar-refractivity contribution in [1.29, 1.82) is 0 Å². The number of nitrogens with one attached hydrogen (secondary N) is 1. The molecule has 0 heterocycles. The summed E-state index contributed by atoms with van der Waals surface area (Å²) in [6.07, 6.45) is 0. The predicted octanol–water partition coefficient (Wildman–Crippen LogP) is 2.31. The van der Waals surface area contributed by atoms with Crippen molar-refractivity contribution < 1.29 is 4.74 Å². The third-order valence-electron chi connectivity index (χ3n) is 2.80. The van der Waals surface area contributed by atoms with E-state index >= 15 is 0 Å². The maximum Gasteiger partial charge on any atom is 0.126 e. The molecule has 0 bridgehead atoms. The van der Waals surface area contributed by atoms with E-state index in [1.807, 2.05) is 0 Å². The SMILES string of the molecule is COc1c(C)cc(C)cc1C(N)CNC(C)C. The average molecular weight is 236 g/mol. The standard InChI is InChI=1S/C14H24N2O/c1-9(2)16-8-13(15)12-7-10(3)6-11(4)14(12)17-5/h6-7,9,13,16H,8,15H2,1-5H3. The van der Waals surface area contributed by atoms with Gasteiger partial charge in [-0.3, -0.25) is 0 Å². The van der Waals surface area contributed by atoms with Crippen molar-refractivity contribution in [2.75, 3.05) is 13.7 Å². The van der Waals surface area contributed by atoms with Crippen LogP contribution in [0.15, 0.2) is 12.1 Å². The molecule has 0 aliphatic heterocycles. The topological polar surface area (TPSA) is 47.3 Å². The van der Waals surface area contributed by atoms with Crippen molar-refractivity contribution in [2.24, 2.45) is 5.73 Å². The Morgan fingerprint density at radius 2 is 1.94 bits per heavy atom. The van der Waals surface area contributed by atoms with Crippen molar-refractivity contribution in [1.82, 2.24) is 5.32 Å². The fourth-order valence-corrected chi connectivity index (χ4v) is 2.01. The highest BCUT2D eigenvalue weighted by Crippen LogP contribution is 2.28. The molecule has 1 atom stereocenters. The monoisotopic (exact) mass is 236 g/mol. The molecule has 1 rings (SSSR count). The van der Waals surface area contributed by atoms with Gasteiger partial charge in [0.25, 0.3) is 0 Å². The van der Waals surface area contributed by atoms with E-state index in [1.165, 1.54) is 5.56 Å². The molecule has 1 unspecified atom stereocenters. The van der Waals surface area contributed by atoms with Crippen LogP contribution in [-0.2, 0) is 0 Å². The number of hydrogen-bond acceptors (Lipinski definition) is 3. The lowest BCUT2D eigenvalue weighted by atomic mass is 10.00. The summed E-state index contributed by atoms with van der Waals surface area (Å²) in [6, 6.07) is 4.63. The van der Waals surface area contributed by atoms with Crippen LogP contribution >= 0.6 is 0 Å². The first-order valence-corrected chi connectivity index (χ1v) is 6.09. The van der Waals surface area contributed by atoms with Crippen LogP contribution in [-0.4, -0.2) is 19.7 Å². The highest BCUT2D eigenvalue weighted by Gasteiger charge is 2.14. The lowest BCUT2D eigenvalue weighted by Gasteiger charge is -2.20. The zero-order valence-electron chi connectivity index (χ0n) is 11.5. The Morgan fingerprint density at radius 3 is 2.47 bits per heavy atom. The number of nitrogens with two attached hydrogens (primary N) is 1. The Hall–Kier alpha value is -1.06. The fraction of sp³-hybridized carbons (Fsp3) is 0.571. The van der Waals surface area contributed by atoms with Crippen LogP contribution in [0, 0.1) is 13.8 Å². The van der Waals surface area contributed by atoms with E-state index < -0.39 is 0 Å². The summed E-state index contributed by atoms with van der Waals surface area (Å²) in [5.41, 5.74) is 9.66. The summed E-state index contributed by atoms with van der Waals surface area (Å²) in [4.78, 5) is 0. The maximum atomic E-state index is 6.21. The molecule has 0 aliphatic rings. The summed E-state index contributed by atoms with van der Waals surface area (Å²) < 4.78 is 5.45. The van der Waals surface area contributed by atoms with Gasteiger partial charge in [-0.2, -0.15) is 0 Å². The zero-order chi connectivity index (χ0) is 13.0. The molecule has 3 nitrogen and oxygen atoms in total. The van der Waals surface area contributed by atoms with Crippen molar-refractivity contribution in [2.45, 2.75) is 39.8 Å². The van der Waals surface area contributed by atoms with Gasteiger partial charge in [0.15, 0.2) is 0 Å². The number of hydrogen-bond donors (Lipinski definition) is 2. The lowest BCUT2D eigenvalue weighted by Crippen LogP contribution is -2.32. The van der Waals surface area contributed by atoms with Crippen LogP contribution in [0.25, 0.3) is 0 Å². The Balaban J connectivity index is 2.95. The minimum absolute atomic E-state index is 0.0362. The van der Waals surface area contributed by atoms with Crippen LogP contribution < -0.4 is 15.8 Å². The van der Waals surface area contributed by atoms with Gasteiger partial charge in [0.1, 0.15) is 5.75 Å². The van der Waals surface area contributed by atoms with Crippen LogP contribution in [0.3, 0.4) is 0 Å². The minimum Gasteiger partial charge on any atom is -0.496 e. The van der Waals surface area contributed by atoms with Gasteiger partial charge < -0.3 is 15.8 Å². The molecular weight excluding hydrogens is 212 g/mol. The quantitative estimate of drug-likeness (QED) is 0.824. The molecule has 1 aromatic carbocycles. The molecule has 0 aromatic heterocycles. The molecule has 0 aliphatic carbocycles. The van der Waals surface area contributed by atoms with Gasteiger partial charge in [-0.15, -0.1) is 0 Å². The summed E-state index contributed by atoms with van der Waals surface area (Å²) in [5.74, 6) is 0.911. The molecule has 1 aromatic rings. The van der Waals surface area contributed by atoms with E-state index in [-0.39, 0.29) is 6.04 Å². The molecule has 96 valence electrons. The van der Waals surface area contributed by atoms with E-state index in [4.69, 9.17) is 10.5 Å². The van der Waals surface area contributed by atoms with Gasteiger partial charge in [0, 0.05) is 24.2 Å². The Kier molecular flexibility index (Phi) is 4.97.